The lowest BCUT2D eigenvalue weighted by atomic mass is 9.93. The third-order valence-corrected chi connectivity index (χ3v) is 6.48. The maximum absolute atomic E-state index is 12.8. The predicted molar refractivity (Wildman–Crippen MR) is 107 cm³/mol. The van der Waals surface area contributed by atoms with Crippen LogP contribution in [-0.4, -0.2) is 71.0 Å². The number of nitrogens with two attached hydrogens (primary N) is 1. The van der Waals surface area contributed by atoms with E-state index in [1.54, 1.807) is 0 Å². The maximum Gasteiger partial charge on any atom is 0.227 e. The molecule has 4 rings (SSSR count). The van der Waals surface area contributed by atoms with Crippen molar-refractivity contribution in [2.75, 3.05) is 49.9 Å². The van der Waals surface area contributed by atoms with Crippen LogP contribution in [0.1, 0.15) is 44.1 Å². The molecule has 148 valence electrons. The monoisotopic (exact) mass is 372 g/mol. The molecule has 4 heterocycles. The van der Waals surface area contributed by atoms with Crippen molar-refractivity contribution < 1.29 is 4.79 Å². The molecule has 7 nitrogen and oxygen atoms in total. The van der Waals surface area contributed by atoms with Gasteiger partial charge in [-0.3, -0.25) is 9.69 Å². The summed E-state index contributed by atoms with van der Waals surface area (Å²) in [6.07, 6.45) is 8.55. The summed E-state index contributed by atoms with van der Waals surface area (Å²) in [6, 6.07) is 0.568. The Kier molecular flexibility index (Phi) is 5.48. The number of aryl methyl sites for hydroxylation is 1. The van der Waals surface area contributed by atoms with E-state index in [1.165, 1.54) is 12.8 Å². The summed E-state index contributed by atoms with van der Waals surface area (Å²) in [5, 5.41) is 0. The molecule has 1 amide bonds. The van der Waals surface area contributed by atoms with Gasteiger partial charge in [-0.2, -0.15) is 4.98 Å². The average Bonchev–Trinajstić information content (AvgIpc) is 3.25. The highest BCUT2D eigenvalue weighted by Crippen LogP contribution is 2.27. The van der Waals surface area contributed by atoms with Crippen LogP contribution in [0.15, 0.2) is 6.20 Å². The smallest absolute Gasteiger partial charge is 0.227 e. The molecule has 3 aliphatic heterocycles. The van der Waals surface area contributed by atoms with Crippen molar-refractivity contribution in [2.45, 2.75) is 51.5 Å². The lowest BCUT2D eigenvalue weighted by molar-refractivity contribution is -0.136. The first-order valence-electron chi connectivity index (χ1n) is 10.5. The normalized spacial score (nSPS) is 25.1. The fraction of sp³-hybridized carbons (Fsp3) is 0.750. The Morgan fingerprint density at radius 1 is 1.07 bits per heavy atom. The summed E-state index contributed by atoms with van der Waals surface area (Å²) < 4.78 is 0. The van der Waals surface area contributed by atoms with Crippen molar-refractivity contribution in [1.29, 1.82) is 0 Å². The highest BCUT2D eigenvalue weighted by Gasteiger charge is 2.34. The van der Waals surface area contributed by atoms with Gasteiger partial charge in [0.05, 0.1) is 5.92 Å². The zero-order valence-electron chi connectivity index (χ0n) is 16.4. The van der Waals surface area contributed by atoms with Crippen molar-refractivity contribution in [3.63, 3.8) is 0 Å². The molecule has 0 spiro atoms. The van der Waals surface area contributed by atoms with E-state index < -0.39 is 0 Å². The summed E-state index contributed by atoms with van der Waals surface area (Å²) in [6.45, 7) is 7.83. The SMILES string of the molecule is Cc1cnc(N2CCC(N3CCC[C@H](C(=O)N4CCCC4)C3)CC2)nc1N. The molecule has 7 heteroatoms. The first kappa shape index (κ1) is 18.5. The standard InChI is InChI=1S/C20H32N6O/c1-15-13-22-20(23-18(15)21)25-11-6-17(7-12-25)26-10-4-5-16(14-26)19(27)24-8-2-3-9-24/h13,16-17H,2-12,14H2,1H3,(H2,21,22,23)/t16-/m0/s1. The van der Waals surface area contributed by atoms with E-state index in [4.69, 9.17) is 5.73 Å². The largest absolute Gasteiger partial charge is 0.383 e. The van der Waals surface area contributed by atoms with Crippen LogP contribution in [-0.2, 0) is 4.79 Å². The van der Waals surface area contributed by atoms with E-state index in [1.807, 2.05) is 13.1 Å². The Balaban J connectivity index is 1.32. The summed E-state index contributed by atoms with van der Waals surface area (Å²) in [7, 11) is 0. The topological polar surface area (TPSA) is 78.6 Å². The minimum absolute atomic E-state index is 0.204. The number of carbonyl (C=O) groups is 1. The van der Waals surface area contributed by atoms with Crippen LogP contribution in [0.2, 0.25) is 0 Å². The van der Waals surface area contributed by atoms with Crippen LogP contribution in [0.4, 0.5) is 11.8 Å². The minimum Gasteiger partial charge on any atom is -0.383 e. The first-order valence-corrected chi connectivity index (χ1v) is 10.5. The Morgan fingerprint density at radius 3 is 2.52 bits per heavy atom. The van der Waals surface area contributed by atoms with Gasteiger partial charge in [0.1, 0.15) is 5.82 Å². The van der Waals surface area contributed by atoms with Crippen LogP contribution < -0.4 is 10.6 Å². The molecule has 1 aromatic heterocycles. The number of nitrogen functional groups attached to an aromatic ring is 1. The molecule has 3 fully saturated rings. The fourth-order valence-electron chi connectivity index (χ4n) is 4.76. The van der Waals surface area contributed by atoms with Gasteiger partial charge in [-0.1, -0.05) is 0 Å². The maximum atomic E-state index is 12.8. The zero-order chi connectivity index (χ0) is 18.8. The number of rotatable bonds is 3. The van der Waals surface area contributed by atoms with Crippen molar-refractivity contribution in [1.82, 2.24) is 19.8 Å². The van der Waals surface area contributed by atoms with Gasteiger partial charge in [0, 0.05) is 50.5 Å². The highest BCUT2D eigenvalue weighted by atomic mass is 16.2. The van der Waals surface area contributed by atoms with Crippen LogP contribution in [0.3, 0.4) is 0 Å². The number of piperidine rings is 2. The number of likely N-dealkylation sites (tertiary alicyclic amines) is 2. The van der Waals surface area contributed by atoms with Gasteiger partial charge in [0.25, 0.3) is 0 Å². The lowest BCUT2D eigenvalue weighted by Crippen LogP contribution is -2.51. The Morgan fingerprint density at radius 2 is 1.81 bits per heavy atom. The van der Waals surface area contributed by atoms with Crippen LogP contribution in [0, 0.1) is 12.8 Å². The van der Waals surface area contributed by atoms with E-state index in [0.29, 0.717) is 17.8 Å². The van der Waals surface area contributed by atoms with Gasteiger partial charge in [-0.25, -0.2) is 4.98 Å². The van der Waals surface area contributed by atoms with Gasteiger partial charge in [0.15, 0.2) is 0 Å². The summed E-state index contributed by atoms with van der Waals surface area (Å²) in [5.41, 5.74) is 6.87. The van der Waals surface area contributed by atoms with Crippen molar-refractivity contribution in [2.24, 2.45) is 5.92 Å². The zero-order valence-corrected chi connectivity index (χ0v) is 16.4. The van der Waals surface area contributed by atoms with Gasteiger partial charge in [0.2, 0.25) is 11.9 Å². The van der Waals surface area contributed by atoms with E-state index >= 15 is 0 Å². The van der Waals surface area contributed by atoms with Gasteiger partial charge < -0.3 is 15.5 Å². The van der Waals surface area contributed by atoms with Gasteiger partial charge in [-0.05, 0) is 52.0 Å². The molecule has 0 radical (unpaired) electrons. The lowest BCUT2D eigenvalue weighted by Gasteiger charge is -2.42. The number of aromatic nitrogens is 2. The van der Waals surface area contributed by atoms with E-state index in [9.17, 15) is 4.79 Å². The molecule has 0 unspecified atom stereocenters. The summed E-state index contributed by atoms with van der Waals surface area (Å²) in [5.74, 6) is 1.92. The summed E-state index contributed by atoms with van der Waals surface area (Å²) in [4.78, 5) is 28.6. The van der Waals surface area contributed by atoms with Crippen LogP contribution in [0.5, 0.6) is 0 Å². The van der Waals surface area contributed by atoms with Crippen molar-refractivity contribution >= 4 is 17.7 Å². The van der Waals surface area contributed by atoms with Gasteiger partial charge >= 0.3 is 0 Å². The number of hydrogen-bond acceptors (Lipinski definition) is 6. The predicted octanol–water partition coefficient (Wildman–Crippen LogP) is 1.67. The average molecular weight is 373 g/mol. The summed E-state index contributed by atoms with van der Waals surface area (Å²) >= 11 is 0. The Labute approximate surface area is 161 Å². The van der Waals surface area contributed by atoms with Crippen molar-refractivity contribution in [3.8, 4) is 0 Å². The Hall–Kier alpha value is -1.89. The highest BCUT2D eigenvalue weighted by molar-refractivity contribution is 5.79. The molecular weight excluding hydrogens is 340 g/mol. The molecule has 0 saturated carbocycles. The quantitative estimate of drug-likeness (QED) is 0.870. The number of amides is 1. The Bertz CT molecular complexity index is 666. The van der Waals surface area contributed by atoms with E-state index in [-0.39, 0.29) is 5.92 Å². The molecule has 3 aliphatic rings. The minimum atomic E-state index is 0.204. The molecule has 3 saturated heterocycles. The second-order valence-electron chi connectivity index (χ2n) is 8.32. The molecule has 0 aromatic carbocycles. The van der Waals surface area contributed by atoms with Crippen molar-refractivity contribution in [3.05, 3.63) is 11.8 Å². The number of carbonyl (C=O) groups excluding carboxylic acids is 1. The van der Waals surface area contributed by atoms with Crippen LogP contribution in [0.25, 0.3) is 0 Å². The third-order valence-electron chi connectivity index (χ3n) is 6.48. The number of anilines is 2. The molecule has 1 aromatic rings. The van der Waals surface area contributed by atoms with E-state index in [0.717, 1.165) is 76.5 Å². The number of hydrogen-bond donors (Lipinski definition) is 1. The molecule has 27 heavy (non-hydrogen) atoms. The second kappa shape index (κ2) is 8.00. The molecule has 1 atom stereocenters. The first-order chi connectivity index (χ1) is 13.1. The van der Waals surface area contributed by atoms with Crippen LogP contribution >= 0.6 is 0 Å². The molecule has 2 N–H and O–H groups in total. The third kappa shape index (κ3) is 4.03. The molecule has 0 bridgehead atoms. The van der Waals surface area contributed by atoms with E-state index in [2.05, 4.69) is 24.7 Å². The van der Waals surface area contributed by atoms with Gasteiger partial charge in [-0.15, -0.1) is 0 Å². The number of nitrogens with zero attached hydrogens (tertiary/aromatic N) is 5. The second-order valence-corrected chi connectivity index (χ2v) is 8.32. The molecular formula is C20H32N6O. The molecule has 0 aliphatic carbocycles. The fourth-order valence-corrected chi connectivity index (χ4v) is 4.76.